The van der Waals surface area contributed by atoms with E-state index >= 15 is 0 Å². The Balaban J connectivity index is 2.16. The predicted molar refractivity (Wildman–Crippen MR) is 82.9 cm³/mol. The summed E-state index contributed by atoms with van der Waals surface area (Å²) in [7, 11) is 0. The summed E-state index contributed by atoms with van der Waals surface area (Å²) in [5.74, 6) is 1.04. The van der Waals surface area contributed by atoms with Gasteiger partial charge in [-0.1, -0.05) is 0 Å². The zero-order chi connectivity index (χ0) is 14.7. The summed E-state index contributed by atoms with van der Waals surface area (Å²) in [4.78, 5) is 24.7. The van der Waals surface area contributed by atoms with Gasteiger partial charge in [0.25, 0.3) is 0 Å². The Kier molecular flexibility index (Phi) is 4.66. The van der Waals surface area contributed by atoms with Crippen molar-refractivity contribution in [2.45, 2.75) is 26.8 Å². The summed E-state index contributed by atoms with van der Waals surface area (Å²) in [6.45, 7) is 5.19. The molecule has 2 heterocycles. The summed E-state index contributed by atoms with van der Waals surface area (Å²) in [6, 6.07) is 4.10. The van der Waals surface area contributed by atoms with Gasteiger partial charge in [-0.05, 0) is 41.9 Å². The largest absolute Gasteiger partial charge is 0.347 e. The molecule has 1 amide bonds. The van der Waals surface area contributed by atoms with Crippen LogP contribution in [0.5, 0.6) is 0 Å². The second kappa shape index (κ2) is 6.27. The lowest BCUT2D eigenvalue weighted by Crippen LogP contribution is -2.14. The van der Waals surface area contributed by atoms with Crippen LogP contribution >= 0.6 is 27.3 Å². The van der Waals surface area contributed by atoms with Gasteiger partial charge in [-0.2, -0.15) is 15.0 Å². The number of anilines is 2. The number of thiophene rings is 1. The van der Waals surface area contributed by atoms with Crippen molar-refractivity contribution in [2.75, 3.05) is 10.6 Å². The van der Waals surface area contributed by atoms with E-state index in [9.17, 15) is 4.79 Å². The number of nitrogens with one attached hydrogen (secondary N) is 2. The molecule has 0 aromatic carbocycles. The molecule has 2 N–H and O–H groups in total. The fraction of sp³-hybridized carbons (Fsp3) is 0.333. The van der Waals surface area contributed by atoms with Crippen molar-refractivity contribution in [3.05, 3.63) is 26.6 Å². The number of hydrogen-bond acceptors (Lipinski definition) is 6. The number of rotatable bonds is 4. The average Bonchev–Trinajstić information content (AvgIpc) is 2.74. The molecule has 2 aromatic heterocycles. The van der Waals surface area contributed by atoms with Crippen molar-refractivity contribution in [2.24, 2.45) is 0 Å². The van der Waals surface area contributed by atoms with Gasteiger partial charge < -0.3 is 5.32 Å². The van der Waals surface area contributed by atoms with Crippen LogP contribution in [0.25, 0.3) is 0 Å². The number of nitrogens with zero attached hydrogens (tertiary/aromatic N) is 3. The first-order valence-electron chi connectivity index (χ1n) is 5.96. The third kappa shape index (κ3) is 3.97. The van der Waals surface area contributed by atoms with Crippen molar-refractivity contribution in [3.63, 3.8) is 0 Å². The molecule has 6 nitrogen and oxygen atoms in total. The molecule has 0 bridgehead atoms. The molecule has 0 saturated carbocycles. The summed E-state index contributed by atoms with van der Waals surface area (Å²) < 4.78 is 1.08. The SMILES string of the molecule is CC(=O)Nc1nc(C)nc(NC(C)c2ccc(Br)s2)n1. The van der Waals surface area contributed by atoms with Crippen LogP contribution in [0.2, 0.25) is 0 Å². The van der Waals surface area contributed by atoms with E-state index in [4.69, 9.17) is 0 Å². The lowest BCUT2D eigenvalue weighted by atomic mass is 10.3. The highest BCUT2D eigenvalue weighted by molar-refractivity contribution is 9.11. The van der Waals surface area contributed by atoms with Crippen molar-refractivity contribution >= 4 is 45.1 Å². The Morgan fingerprint density at radius 1 is 1.30 bits per heavy atom. The molecule has 0 aliphatic heterocycles. The van der Waals surface area contributed by atoms with Gasteiger partial charge in [0.15, 0.2) is 0 Å². The van der Waals surface area contributed by atoms with Gasteiger partial charge in [-0.25, -0.2) is 0 Å². The fourth-order valence-electron chi connectivity index (χ4n) is 1.59. The Bertz CT molecular complexity index is 630. The minimum atomic E-state index is -0.211. The van der Waals surface area contributed by atoms with Crippen molar-refractivity contribution < 1.29 is 4.79 Å². The van der Waals surface area contributed by atoms with Crippen LogP contribution in [-0.2, 0) is 4.79 Å². The Morgan fingerprint density at radius 2 is 2.00 bits per heavy atom. The zero-order valence-corrected chi connectivity index (χ0v) is 13.7. The summed E-state index contributed by atoms with van der Waals surface area (Å²) >= 11 is 5.09. The molecule has 0 aliphatic rings. The molecule has 106 valence electrons. The first kappa shape index (κ1) is 14.9. The van der Waals surface area contributed by atoms with Crippen LogP contribution in [0, 0.1) is 6.92 Å². The highest BCUT2D eigenvalue weighted by Gasteiger charge is 2.11. The topological polar surface area (TPSA) is 79.8 Å². The molecule has 1 unspecified atom stereocenters. The van der Waals surface area contributed by atoms with Gasteiger partial charge in [0.2, 0.25) is 17.8 Å². The molecule has 1 atom stereocenters. The fourth-order valence-corrected chi connectivity index (χ4v) is 3.01. The second-order valence-corrected chi connectivity index (χ2v) is 6.71. The molecular formula is C12H14BrN5OS. The second-order valence-electron chi connectivity index (χ2n) is 4.22. The Hall–Kier alpha value is -1.54. The smallest absolute Gasteiger partial charge is 0.234 e. The van der Waals surface area contributed by atoms with Crippen molar-refractivity contribution in [1.82, 2.24) is 15.0 Å². The average molecular weight is 356 g/mol. The van der Waals surface area contributed by atoms with E-state index < -0.39 is 0 Å². The van der Waals surface area contributed by atoms with Crippen LogP contribution in [0.1, 0.15) is 30.6 Å². The standard InChI is InChI=1S/C12H14BrN5OS/c1-6(9-4-5-10(13)20-9)14-11-15-7(2)16-12(18-11)17-8(3)19/h4-6H,1-3H3,(H2,14,15,16,17,18,19). The monoisotopic (exact) mass is 355 g/mol. The molecule has 2 aromatic rings. The van der Waals surface area contributed by atoms with E-state index in [1.165, 1.54) is 6.92 Å². The zero-order valence-electron chi connectivity index (χ0n) is 11.3. The van der Waals surface area contributed by atoms with E-state index in [2.05, 4.69) is 41.5 Å². The van der Waals surface area contributed by atoms with E-state index in [1.807, 2.05) is 19.1 Å². The van der Waals surface area contributed by atoms with Gasteiger partial charge in [-0.15, -0.1) is 11.3 Å². The van der Waals surface area contributed by atoms with Gasteiger partial charge in [0, 0.05) is 11.8 Å². The maximum atomic E-state index is 11.0. The molecule has 0 fully saturated rings. The molecule has 0 saturated heterocycles. The number of amides is 1. The van der Waals surface area contributed by atoms with Crippen molar-refractivity contribution in [3.8, 4) is 0 Å². The number of aryl methyl sites for hydroxylation is 1. The minimum absolute atomic E-state index is 0.0679. The molecule has 0 radical (unpaired) electrons. The van der Waals surface area contributed by atoms with Gasteiger partial charge >= 0.3 is 0 Å². The van der Waals surface area contributed by atoms with E-state index in [-0.39, 0.29) is 17.9 Å². The van der Waals surface area contributed by atoms with E-state index in [1.54, 1.807) is 18.3 Å². The summed E-state index contributed by atoms with van der Waals surface area (Å²) in [5.41, 5.74) is 0. The van der Waals surface area contributed by atoms with Crippen LogP contribution < -0.4 is 10.6 Å². The molecule has 8 heteroatoms. The Morgan fingerprint density at radius 3 is 2.60 bits per heavy atom. The summed E-state index contributed by atoms with van der Waals surface area (Å²) in [5, 5.41) is 5.76. The van der Waals surface area contributed by atoms with Crippen LogP contribution in [0.4, 0.5) is 11.9 Å². The maximum absolute atomic E-state index is 11.0. The lowest BCUT2D eigenvalue weighted by molar-refractivity contribution is -0.114. The third-order valence-corrected chi connectivity index (χ3v) is 4.21. The molecular weight excluding hydrogens is 342 g/mol. The first-order chi connectivity index (χ1) is 9.44. The first-order valence-corrected chi connectivity index (χ1v) is 7.57. The lowest BCUT2D eigenvalue weighted by Gasteiger charge is -2.13. The van der Waals surface area contributed by atoms with Gasteiger partial charge in [-0.3, -0.25) is 10.1 Å². The third-order valence-electron chi connectivity index (χ3n) is 2.40. The normalized spacial score (nSPS) is 12.0. The highest BCUT2D eigenvalue weighted by Crippen LogP contribution is 2.28. The number of carbonyl (C=O) groups is 1. The summed E-state index contributed by atoms with van der Waals surface area (Å²) in [6.07, 6.45) is 0. The van der Waals surface area contributed by atoms with E-state index in [0.29, 0.717) is 11.8 Å². The van der Waals surface area contributed by atoms with Crippen LogP contribution in [-0.4, -0.2) is 20.9 Å². The van der Waals surface area contributed by atoms with Crippen LogP contribution in [0.3, 0.4) is 0 Å². The number of halogens is 1. The highest BCUT2D eigenvalue weighted by atomic mass is 79.9. The molecule has 0 aliphatic carbocycles. The van der Waals surface area contributed by atoms with Gasteiger partial charge in [0.1, 0.15) is 5.82 Å². The minimum Gasteiger partial charge on any atom is -0.347 e. The van der Waals surface area contributed by atoms with Gasteiger partial charge in [0.05, 0.1) is 9.83 Å². The quantitative estimate of drug-likeness (QED) is 0.880. The number of aromatic nitrogens is 3. The number of carbonyl (C=O) groups excluding carboxylic acids is 1. The van der Waals surface area contributed by atoms with E-state index in [0.717, 1.165) is 8.66 Å². The molecule has 2 rings (SSSR count). The molecule has 20 heavy (non-hydrogen) atoms. The maximum Gasteiger partial charge on any atom is 0.234 e. The predicted octanol–water partition coefficient (Wildman–Crippen LogP) is 3.14. The molecule has 0 spiro atoms. The van der Waals surface area contributed by atoms with Crippen LogP contribution in [0.15, 0.2) is 15.9 Å². The Labute approximate surface area is 129 Å². The number of hydrogen-bond donors (Lipinski definition) is 2. The van der Waals surface area contributed by atoms with Crippen molar-refractivity contribution in [1.29, 1.82) is 0 Å².